The molecule has 0 aliphatic carbocycles. The number of hydrogen-bond acceptors (Lipinski definition) is 3. The molecule has 0 saturated carbocycles. The fourth-order valence-electron chi connectivity index (χ4n) is 2.05. The molecule has 0 amide bonds. The van der Waals surface area contributed by atoms with Crippen LogP contribution in [0.25, 0.3) is 0 Å². The van der Waals surface area contributed by atoms with Crippen molar-refractivity contribution in [3.8, 4) is 0 Å². The number of halogens is 2. The molecule has 4 nitrogen and oxygen atoms in total. The second-order valence-electron chi connectivity index (χ2n) is 5.16. The van der Waals surface area contributed by atoms with E-state index in [9.17, 15) is 22.3 Å². The van der Waals surface area contributed by atoms with E-state index >= 15 is 0 Å². The predicted molar refractivity (Wildman–Crippen MR) is 82.3 cm³/mol. The van der Waals surface area contributed by atoms with Crippen LogP contribution in [0, 0.1) is 18.6 Å². The summed E-state index contributed by atoms with van der Waals surface area (Å²) < 4.78 is 52.5. The first-order valence-corrected chi connectivity index (χ1v) is 8.47. The summed E-state index contributed by atoms with van der Waals surface area (Å²) in [7, 11) is -3.77. The second-order valence-corrected chi connectivity index (χ2v) is 6.93. The maximum Gasteiger partial charge on any atom is 0.240 e. The fourth-order valence-corrected chi connectivity index (χ4v) is 3.18. The van der Waals surface area contributed by atoms with Gasteiger partial charge in [0.25, 0.3) is 0 Å². The van der Waals surface area contributed by atoms with Gasteiger partial charge >= 0.3 is 0 Å². The number of aliphatic hydroxyl groups excluding tert-OH is 1. The molecule has 124 valence electrons. The van der Waals surface area contributed by atoms with E-state index in [4.69, 9.17) is 0 Å². The molecule has 0 fully saturated rings. The van der Waals surface area contributed by atoms with Gasteiger partial charge in [-0.25, -0.2) is 21.9 Å². The van der Waals surface area contributed by atoms with Gasteiger partial charge < -0.3 is 5.11 Å². The van der Waals surface area contributed by atoms with Crippen molar-refractivity contribution in [3.05, 3.63) is 65.2 Å². The minimum atomic E-state index is -3.77. The van der Waals surface area contributed by atoms with Crippen LogP contribution in [-0.2, 0) is 10.0 Å². The van der Waals surface area contributed by atoms with Crippen LogP contribution < -0.4 is 4.72 Å². The first kappa shape index (κ1) is 17.5. The number of hydrogen-bond donors (Lipinski definition) is 2. The second kappa shape index (κ2) is 7.16. The summed E-state index contributed by atoms with van der Waals surface area (Å²) in [6, 6.07) is 8.86. The minimum absolute atomic E-state index is 0.00268. The molecule has 0 saturated heterocycles. The molecule has 2 aromatic rings. The van der Waals surface area contributed by atoms with Crippen molar-refractivity contribution in [2.75, 3.05) is 6.54 Å². The van der Waals surface area contributed by atoms with Gasteiger partial charge in [0.1, 0.15) is 11.6 Å². The summed E-state index contributed by atoms with van der Waals surface area (Å²) in [6.07, 6.45) is -0.779. The Balaban J connectivity index is 1.96. The van der Waals surface area contributed by atoms with Crippen LogP contribution in [0.4, 0.5) is 8.78 Å². The Hall–Kier alpha value is -1.83. The summed E-state index contributed by atoms with van der Waals surface area (Å²) >= 11 is 0. The third-order valence-electron chi connectivity index (χ3n) is 3.40. The van der Waals surface area contributed by atoms with Crippen molar-refractivity contribution < 1.29 is 22.3 Å². The lowest BCUT2D eigenvalue weighted by molar-refractivity contribution is 0.169. The summed E-state index contributed by atoms with van der Waals surface area (Å²) in [6.45, 7) is 1.48. The summed E-state index contributed by atoms with van der Waals surface area (Å²) in [5.74, 6) is -0.885. The van der Waals surface area contributed by atoms with Crippen molar-refractivity contribution >= 4 is 10.0 Å². The SMILES string of the molecule is Cc1cc(S(=O)(=O)NCCC(O)c2ccc(F)cc2)ccc1F. The highest BCUT2D eigenvalue weighted by Gasteiger charge is 2.16. The van der Waals surface area contributed by atoms with Crippen molar-refractivity contribution in [3.63, 3.8) is 0 Å². The summed E-state index contributed by atoms with van der Waals surface area (Å²) in [4.78, 5) is -0.0346. The van der Waals surface area contributed by atoms with E-state index in [0.717, 1.165) is 6.07 Å². The molecule has 0 radical (unpaired) electrons. The number of benzene rings is 2. The minimum Gasteiger partial charge on any atom is -0.388 e. The topological polar surface area (TPSA) is 66.4 Å². The van der Waals surface area contributed by atoms with Gasteiger partial charge in [-0.2, -0.15) is 0 Å². The Labute approximate surface area is 133 Å². The Morgan fingerprint density at radius 1 is 1.13 bits per heavy atom. The zero-order valence-electron chi connectivity index (χ0n) is 12.5. The van der Waals surface area contributed by atoms with Gasteiger partial charge in [0, 0.05) is 6.54 Å². The highest BCUT2D eigenvalue weighted by Crippen LogP contribution is 2.17. The Morgan fingerprint density at radius 3 is 2.39 bits per heavy atom. The third-order valence-corrected chi connectivity index (χ3v) is 4.86. The van der Waals surface area contributed by atoms with E-state index in [-0.39, 0.29) is 23.4 Å². The van der Waals surface area contributed by atoms with E-state index in [1.54, 1.807) is 0 Å². The quantitative estimate of drug-likeness (QED) is 0.849. The van der Waals surface area contributed by atoms with E-state index < -0.39 is 27.8 Å². The molecular formula is C16H17F2NO3S. The van der Waals surface area contributed by atoms with Crippen LogP contribution in [-0.4, -0.2) is 20.1 Å². The van der Waals surface area contributed by atoms with Gasteiger partial charge in [0.05, 0.1) is 11.0 Å². The predicted octanol–water partition coefficient (Wildman–Crippen LogP) is 2.68. The van der Waals surface area contributed by atoms with Crippen LogP contribution >= 0.6 is 0 Å². The zero-order chi connectivity index (χ0) is 17.0. The van der Waals surface area contributed by atoms with Gasteiger partial charge in [0.15, 0.2) is 0 Å². The van der Waals surface area contributed by atoms with Crippen LogP contribution in [0.3, 0.4) is 0 Å². The third kappa shape index (κ3) is 4.57. The standard InChI is InChI=1S/C16H17F2NO3S/c1-11-10-14(6-7-15(11)18)23(21,22)19-9-8-16(20)12-2-4-13(17)5-3-12/h2-7,10,16,19-20H,8-9H2,1H3. The molecule has 0 aliphatic heterocycles. The average molecular weight is 341 g/mol. The normalized spacial score (nSPS) is 13.0. The molecule has 0 bridgehead atoms. The maximum absolute atomic E-state index is 13.2. The molecule has 0 aromatic heterocycles. The van der Waals surface area contributed by atoms with Crippen LogP contribution in [0.5, 0.6) is 0 Å². The summed E-state index contributed by atoms with van der Waals surface area (Å²) in [5.41, 5.74) is 0.738. The zero-order valence-corrected chi connectivity index (χ0v) is 13.3. The molecule has 1 atom stereocenters. The fraction of sp³-hybridized carbons (Fsp3) is 0.250. The smallest absolute Gasteiger partial charge is 0.240 e. The molecule has 23 heavy (non-hydrogen) atoms. The summed E-state index contributed by atoms with van der Waals surface area (Å²) in [5, 5.41) is 9.95. The van der Waals surface area contributed by atoms with E-state index in [0.29, 0.717) is 5.56 Å². The Morgan fingerprint density at radius 2 is 1.78 bits per heavy atom. The van der Waals surface area contributed by atoms with E-state index in [1.165, 1.54) is 43.3 Å². The lowest BCUT2D eigenvalue weighted by atomic mass is 10.1. The van der Waals surface area contributed by atoms with Gasteiger partial charge in [-0.15, -0.1) is 0 Å². The molecule has 0 spiro atoms. The molecular weight excluding hydrogens is 324 g/mol. The number of nitrogens with one attached hydrogen (secondary N) is 1. The lowest BCUT2D eigenvalue weighted by Gasteiger charge is -2.12. The van der Waals surface area contributed by atoms with E-state index in [2.05, 4.69) is 4.72 Å². The lowest BCUT2D eigenvalue weighted by Crippen LogP contribution is -2.26. The monoisotopic (exact) mass is 341 g/mol. The van der Waals surface area contributed by atoms with Crippen molar-refractivity contribution in [1.82, 2.24) is 4.72 Å². The molecule has 0 heterocycles. The number of aliphatic hydroxyl groups is 1. The average Bonchev–Trinajstić information content (AvgIpc) is 2.50. The Kier molecular flexibility index (Phi) is 5.46. The molecule has 0 aliphatic rings. The van der Waals surface area contributed by atoms with Crippen LogP contribution in [0.2, 0.25) is 0 Å². The number of rotatable bonds is 6. The van der Waals surface area contributed by atoms with Crippen molar-refractivity contribution in [2.45, 2.75) is 24.3 Å². The molecule has 2 N–H and O–H groups in total. The van der Waals surface area contributed by atoms with Gasteiger partial charge in [0.2, 0.25) is 10.0 Å². The van der Waals surface area contributed by atoms with Crippen LogP contribution in [0.1, 0.15) is 23.7 Å². The molecule has 2 aromatic carbocycles. The van der Waals surface area contributed by atoms with Crippen molar-refractivity contribution in [2.24, 2.45) is 0 Å². The van der Waals surface area contributed by atoms with Gasteiger partial charge in [-0.05, 0) is 54.8 Å². The molecule has 7 heteroatoms. The molecule has 1 unspecified atom stereocenters. The van der Waals surface area contributed by atoms with Gasteiger partial charge in [-0.3, -0.25) is 0 Å². The van der Waals surface area contributed by atoms with Crippen molar-refractivity contribution in [1.29, 1.82) is 0 Å². The largest absolute Gasteiger partial charge is 0.388 e. The van der Waals surface area contributed by atoms with Crippen LogP contribution in [0.15, 0.2) is 47.4 Å². The van der Waals surface area contributed by atoms with Gasteiger partial charge in [-0.1, -0.05) is 12.1 Å². The first-order valence-electron chi connectivity index (χ1n) is 6.99. The Bertz CT molecular complexity index is 776. The highest BCUT2D eigenvalue weighted by molar-refractivity contribution is 7.89. The first-order chi connectivity index (χ1) is 10.8. The number of sulfonamides is 1. The maximum atomic E-state index is 13.2. The number of aryl methyl sites for hydroxylation is 1. The molecule has 2 rings (SSSR count). The highest BCUT2D eigenvalue weighted by atomic mass is 32.2. The van der Waals surface area contributed by atoms with E-state index in [1.807, 2.05) is 0 Å².